The second-order valence-corrected chi connectivity index (χ2v) is 11.2. The highest BCUT2D eigenvalue weighted by molar-refractivity contribution is 9.10. The molecule has 1 aromatic heterocycles. The van der Waals surface area contributed by atoms with Crippen molar-refractivity contribution in [3.05, 3.63) is 107 Å². The van der Waals surface area contributed by atoms with Gasteiger partial charge in [-0.05, 0) is 63.7 Å². The van der Waals surface area contributed by atoms with Gasteiger partial charge in [-0.2, -0.15) is 0 Å². The summed E-state index contributed by atoms with van der Waals surface area (Å²) in [6, 6.07) is 13.0. The van der Waals surface area contributed by atoms with E-state index in [0.29, 0.717) is 38.9 Å². The minimum absolute atomic E-state index is 0.108. The largest absolute Gasteiger partial charge is 0.488 e. The van der Waals surface area contributed by atoms with E-state index in [-0.39, 0.29) is 18.8 Å². The standard InChI is InChI=1S/C30H31BrN2O5S/c1-6-13-37-24-12-7-20(16-23(24)31)17-25-28(34)33-27(22-10-8-21(9-11-22)18(2)3)26(19(4)32-30(33)39-25)29(35)38-15-14-36-5/h6-12,16-18,27H,1,13-15H2,2-5H3. The molecule has 39 heavy (non-hydrogen) atoms. The molecule has 2 heterocycles. The first-order chi connectivity index (χ1) is 18.7. The zero-order valence-corrected chi connectivity index (χ0v) is 24.8. The van der Waals surface area contributed by atoms with Crippen LogP contribution in [0.4, 0.5) is 0 Å². The fourth-order valence-electron chi connectivity index (χ4n) is 4.28. The number of aromatic nitrogens is 1. The predicted molar refractivity (Wildman–Crippen MR) is 157 cm³/mol. The van der Waals surface area contributed by atoms with Gasteiger partial charge in [0.2, 0.25) is 0 Å². The molecule has 0 saturated carbocycles. The normalized spacial score (nSPS) is 15.2. The molecule has 1 unspecified atom stereocenters. The van der Waals surface area contributed by atoms with Gasteiger partial charge in [-0.1, -0.05) is 68.2 Å². The van der Waals surface area contributed by atoms with E-state index >= 15 is 0 Å². The van der Waals surface area contributed by atoms with E-state index in [1.807, 2.05) is 48.5 Å². The number of carbonyl (C=O) groups excluding carboxylic acids is 1. The molecule has 1 aliphatic rings. The number of rotatable bonds is 10. The molecule has 4 rings (SSSR count). The number of ether oxygens (including phenoxy) is 3. The van der Waals surface area contributed by atoms with Crippen molar-refractivity contribution in [2.45, 2.75) is 32.7 Å². The second-order valence-electron chi connectivity index (χ2n) is 9.32. The van der Waals surface area contributed by atoms with E-state index in [9.17, 15) is 9.59 Å². The maximum absolute atomic E-state index is 13.8. The van der Waals surface area contributed by atoms with Crippen LogP contribution in [0.25, 0.3) is 6.08 Å². The molecule has 0 saturated heterocycles. The molecule has 9 heteroatoms. The topological polar surface area (TPSA) is 79.1 Å². The van der Waals surface area contributed by atoms with Crippen LogP contribution in [0.3, 0.4) is 0 Å². The maximum atomic E-state index is 13.8. The minimum Gasteiger partial charge on any atom is -0.488 e. The van der Waals surface area contributed by atoms with Crippen molar-refractivity contribution in [2.24, 2.45) is 4.99 Å². The number of allylic oxidation sites excluding steroid dienone is 1. The second kappa shape index (κ2) is 12.7. The lowest BCUT2D eigenvalue weighted by Gasteiger charge is -2.25. The van der Waals surface area contributed by atoms with Crippen molar-refractivity contribution in [1.29, 1.82) is 0 Å². The first-order valence-electron chi connectivity index (χ1n) is 12.6. The zero-order chi connectivity index (χ0) is 28.1. The quantitative estimate of drug-likeness (QED) is 0.186. The van der Waals surface area contributed by atoms with Crippen molar-refractivity contribution < 1.29 is 19.0 Å². The van der Waals surface area contributed by atoms with Gasteiger partial charge in [0.05, 0.1) is 32.9 Å². The Morgan fingerprint density at radius 1 is 1.21 bits per heavy atom. The highest BCUT2D eigenvalue weighted by atomic mass is 79.9. The van der Waals surface area contributed by atoms with Gasteiger partial charge in [0.15, 0.2) is 4.80 Å². The molecule has 204 valence electrons. The number of thiazole rings is 1. The Kier molecular flexibility index (Phi) is 9.37. The number of carbonyl (C=O) groups is 1. The fraction of sp³-hybridized carbons (Fsp3) is 0.300. The molecule has 2 aromatic carbocycles. The van der Waals surface area contributed by atoms with Crippen LogP contribution in [-0.2, 0) is 14.3 Å². The monoisotopic (exact) mass is 610 g/mol. The van der Waals surface area contributed by atoms with Crippen LogP contribution >= 0.6 is 27.3 Å². The summed E-state index contributed by atoms with van der Waals surface area (Å²) in [5.74, 6) is 0.523. The number of halogens is 1. The molecule has 0 N–H and O–H groups in total. The molecule has 0 radical (unpaired) electrons. The van der Waals surface area contributed by atoms with E-state index in [4.69, 9.17) is 14.2 Å². The molecule has 3 aromatic rings. The van der Waals surface area contributed by atoms with Gasteiger partial charge >= 0.3 is 5.97 Å². The predicted octanol–water partition coefficient (Wildman–Crippen LogP) is 4.88. The minimum atomic E-state index is -0.666. The Morgan fingerprint density at radius 3 is 2.59 bits per heavy atom. The number of benzene rings is 2. The molecule has 1 aliphatic heterocycles. The molecule has 0 bridgehead atoms. The number of nitrogens with zero attached hydrogens (tertiary/aromatic N) is 2. The van der Waals surface area contributed by atoms with E-state index in [1.165, 1.54) is 16.9 Å². The SMILES string of the molecule is C=CCOc1ccc(C=c2sc3n(c2=O)C(c2ccc(C(C)C)cc2)C(C(=O)OCCOC)=C(C)N=3)cc1Br. The van der Waals surface area contributed by atoms with Crippen LogP contribution in [0, 0.1) is 0 Å². The van der Waals surface area contributed by atoms with Gasteiger partial charge in [-0.3, -0.25) is 9.36 Å². The molecule has 0 fully saturated rings. The number of hydrogen-bond donors (Lipinski definition) is 0. The Balaban J connectivity index is 1.83. The Labute approximate surface area is 239 Å². The fourth-order valence-corrected chi connectivity index (χ4v) is 5.84. The lowest BCUT2D eigenvalue weighted by molar-refractivity contribution is -0.140. The van der Waals surface area contributed by atoms with Crippen LogP contribution in [0.2, 0.25) is 0 Å². The van der Waals surface area contributed by atoms with Crippen molar-refractivity contribution in [2.75, 3.05) is 26.9 Å². The average molecular weight is 612 g/mol. The summed E-state index contributed by atoms with van der Waals surface area (Å²) in [6.07, 6.45) is 3.50. The summed E-state index contributed by atoms with van der Waals surface area (Å²) < 4.78 is 19.0. The number of methoxy groups -OCH3 is 1. The molecular formula is C30H31BrN2O5S. The first kappa shape index (κ1) is 28.7. The van der Waals surface area contributed by atoms with Gasteiger partial charge in [-0.15, -0.1) is 0 Å². The van der Waals surface area contributed by atoms with E-state index in [1.54, 1.807) is 24.7 Å². The average Bonchev–Trinajstić information content (AvgIpc) is 3.21. The molecule has 1 atom stereocenters. The third-order valence-electron chi connectivity index (χ3n) is 6.29. The highest BCUT2D eigenvalue weighted by Crippen LogP contribution is 2.32. The van der Waals surface area contributed by atoms with Crippen LogP contribution in [0.5, 0.6) is 5.75 Å². The van der Waals surface area contributed by atoms with Crippen LogP contribution in [0.1, 0.15) is 49.4 Å². The lowest BCUT2D eigenvalue weighted by Crippen LogP contribution is -2.40. The Morgan fingerprint density at radius 2 is 1.95 bits per heavy atom. The highest BCUT2D eigenvalue weighted by Gasteiger charge is 2.33. The maximum Gasteiger partial charge on any atom is 0.338 e. The van der Waals surface area contributed by atoms with Crippen LogP contribution in [0.15, 0.2) is 80.6 Å². The summed E-state index contributed by atoms with van der Waals surface area (Å²) in [5.41, 5.74) is 3.44. The summed E-state index contributed by atoms with van der Waals surface area (Å²) in [4.78, 5) is 32.3. The first-order valence-corrected chi connectivity index (χ1v) is 14.2. The molecule has 0 aliphatic carbocycles. The van der Waals surface area contributed by atoms with Crippen molar-refractivity contribution in [3.63, 3.8) is 0 Å². The van der Waals surface area contributed by atoms with E-state index in [0.717, 1.165) is 15.6 Å². The Hall–Kier alpha value is -3.27. The lowest BCUT2D eigenvalue weighted by atomic mass is 9.93. The molecule has 7 nitrogen and oxygen atoms in total. The van der Waals surface area contributed by atoms with Gasteiger partial charge in [0.25, 0.3) is 5.56 Å². The summed E-state index contributed by atoms with van der Waals surface area (Å²) in [6.45, 7) is 10.5. The van der Waals surface area contributed by atoms with Gasteiger partial charge < -0.3 is 14.2 Å². The van der Waals surface area contributed by atoms with Gasteiger partial charge in [-0.25, -0.2) is 9.79 Å². The van der Waals surface area contributed by atoms with Crippen LogP contribution < -0.4 is 19.6 Å². The number of hydrogen-bond acceptors (Lipinski definition) is 7. The van der Waals surface area contributed by atoms with Crippen LogP contribution in [-0.4, -0.2) is 37.5 Å². The number of esters is 1. The van der Waals surface area contributed by atoms with Crippen molar-refractivity contribution in [3.8, 4) is 5.75 Å². The Bertz CT molecular complexity index is 1580. The molecule has 0 amide bonds. The van der Waals surface area contributed by atoms with E-state index in [2.05, 4.69) is 41.3 Å². The summed E-state index contributed by atoms with van der Waals surface area (Å²) in [7, 11) is 1.54. The summed E-state index contributed by atoms with van der Waals surface area (Å²) >= 11 is 4.82. The van der Waals surface area contributed by atoms with Gasteiger partial charge in [0, 0.05) is 7.11 Å². The smallest absolute Gasteiger partial charge is 0.338 e. The third-order valence-corrected chi connectivity index (χ3v) is 7.89. The zero-order valence-electron chi connectivity index (χ0n) is 22.4. The van der Waals surface area contributed by atoms with E-state index < -0.39 is 12.0 Å². The van der Waals surface area contributed by atoms with Gasteiger partial charge in [0.1, 0.15) is 19.0 Å². The van der Waals surface area contributed by atoms with Crippen molar-refractivity contribution >= 4 is 39.3 Å². The number of fused-ring (bicyclic) bond motifs is 1. The summed E-state index contributed by atoms with van der Waals surface area (Å²) in [5, 5.41) is 0. The molecular weight excluding hydrogens is 580 g/mol. The third kappa shape index (κ3) is 6.32. The van der Waals surface area contributed by atoms with Crippen molar-refractivity contribution in [1.82, 2.24) is 4.57 Å². The molecule has 0 spiro atoms.